The van der Waals surface area contributed by atoms with Gasteiger partial charge in [-0.1, -0.05) is 6.92 Å². The third-order valence-electron chi connectivity index (χ3n) is 1.91. The first-order chi connectivity index (χ1) is 6.74. The summed E-state index contributed by atoms with van der Waals surface area (Å²) in [4.78, 5) is 15.6. The number of rotatable bonds is 5. The maximum absolute atomic E-state index is 11.6. The number of ketones is 1. The molecule has 0 spiro atoms. The summed E-state index contributed by atoms with van der Waals surface area (Å²) < 4.78 is 0. The van der Waals surface area contributed by atoms with E-state index in [9.17, 15) is 4.79 Å². The molecule has 0 aliphatic rings. The number of aromatic nitrogens is 1. The highest BCUT2D eigenvalue weighted by atomic mass is 16.1. The lowest BCUT2D eigenvalue weighted by Gasteiger charge is -2.02. The van der Waals surface area contributed by atoms with Crippen molar-refractivity contribution in [3.05, 3.63) is 29.6 Å². The highest BCUT2D eigenvalue weighted by Crippen LogP contribution is 2.01. The van der Waals surface area contributed by atoms with Crippen LogP contribution in [0.4, 0.5) is 0 Å². The molecule has 0 fully saturated rings. The number of carbonyl (C=O) groups excluding carboxylic acids is 1. The third kappa shape index (κ3) is 3.26. The average molecular weight is 192 g/mol. The maximum atomic E-state index is 11.6. The van der Waals surface area contributed by atoms with E-state index in [0.717, 1.165) is 18.5 Å². The summed E-state index contributed by atoms with van der Waals surface area (Å²) in [5.41, 5.74) is 1.71. The van der Waals surface area contributed by atoms with Gasteiger partial charge in [-0.3, -0.25) is 9.78 Å². The van der Waals surface area contributed by atoms with Crippen LogP contribution in [0.3, 0.4) is 0 Å². The topological polar surface area (TPSA) is 42.0 Å². The Morgan fingerprint density at radius 2 is 2.29 bits per heavy atom. The molecule has 76 valence electrons. The molecule has 0 unspecified atom stereocenters. The molecule has 0 amide bonds. The highest BCUT2D eigenvalue weighted by Gasteiger charge is 2.04. The first-order valence-corrected chi connectivity index (χ1v) is 4.89. The Labute approximate surface area is 84.6 Å². The zero-order valence-corrected chi connectivity index (χ0v) is 8.71. The van der Waals surface area contributed by atoms with Crippen LogP contribution in [-0.2, 0) is 0 Å². The Morgan fingerprint density at radius 3 is 2.93 bits per heavy atom. The second-order valence-electron chi connectivity index (χ2n) is 3.35. The van der Waals surface area contributed by atoms with E-state index in [1.54, 1.807) is 12.4 Å². The van der Waals surface area contributed by atoms with Gasteiger partial charge in [0, 0.05) is 18.0 Å². The van der Waals surface area contributed by atoms with E-state index in [4.69, 9.17) is 0 Å². The van der Waals surface area contributed by atoms with Gasteiger partial charge >= 0.3 is 0 Å². The minimum atomic E-state index is 0.106. The summed E-state index contributed by atoms with van der Waals surface area (Å²) in [6, 6.07) is 1.86. The molecule has 1 rings (SSSR count). The minimum Gasteiger partial charge on any atom is -0.310 e. The van der Waals surface area contributed by atoms with Gasteiger partial charge in [0.2, 0.25) is 0 Å². The summed E-state index contributed by atoms with van der Waals surface area (Å²) in [6.07, 6.45) is 4.40. The van der Waals surface area contributed by atoms with Crippen LogP contribution in [0.2, 0.25) is 0 Å². The molecule has 1 aromatic heterocycles. The van der Waals surface area contributed by atoms with Crippen molar-refractivity contribution in [2.45, 2.75) is 20.3 Å². The van der Waals surface area contributed by atoms with E-state index in [0.29, 0.717) is 12.1 Å². The summed E-state index contributed by atoms with van der Waals surface area (Å²) >= 11 is 0. The minimum absolute atomic E-state index is 0.106. The van der Waals surface area contributed by atoms with E-state index >= 15 is 0 Å². The van der Waals surface area contributed by atoms with Crippen molar-refractivity contribution in [3.8, 4) is 0 Å². The summed E-state index contributed by atoms with van der Waals surface area (Å²) in [6.45, 7) is 5.29. The lowest BCUT2D eigenvalue weighted by molar-refractivity contribution is 0.0991. The molecule has 14 heavy (non-hydrogen) atoms. The summed E-state index contributed by atoms with van der Waals surface area (Å²) in [5.74, 6) is 0.106. The fourth-order valence-corrected chi connectivity index (χ4v) is 1.19. The van der Waals surface area contributed by atoms with Gasteiger partial charge in [-0.15, -0.1) is 0 Å². The fraction of sp³-hybridized carbons (Fsp3) is 0.455. The number of hydrogen-bond donors (Lipinski definition) is 1. The summed E-state index contributed by atoms with van der Waals surface area (Å²) in [5, 5.41) is 3.08. The molecule has 1 heterocycles. The highest BCUT2D eigenvalue weighted by molar-refractivity contribution is 5.97. The molecular formula is C11H16N2O. The normalized spacial score (nSPS) is 10.1. The standard InChI is InChI=1S/C11H16N2O/c1-3-4-12-8-11(14)10-5-9(2)6-13-7-10/h5-7,12H,3-4,8H2,1-2H3. The van der Waals surface area contributed by atoms with Crippen LogP contribution in [-0.4, -0.2) is 23.9 Å². The van der Waals surface area contributed by atoms with Gasteiger partial charge in [-0.25, -0.2) is 0 Å². The third-order valence-corrected chi connectivity index (χ3v) is 1.91. The van der Waals surface area contributed by atoms with Crippen LogP contribution in [0.1, 0.15) is 29.3 Å². The van der Waals surface area contributed by atoms with Crippen LogP contribution in [0, 0.1) is 6.92 Å². The first kappa shape index (κ1) is 10.9. The van der Waals surface area contributed by atoms with Crippen LogP contribution < -0.4 is 5.32 Å². The zero-order chi connectivity index (χ0) is 10.4. The second kappa shape index (κ2) is 5.50. The van der Waals surface area contributed by atoms with E-state index in [-0.39, 0.29) is 5.78 Å². The Bertz CT molecular complexity index is 310. The zero-order valence-electron chi connectivity index (χ0n) is 8.71. The van der Waals surface area contributed by atoms with Crippen LogP contribution in [0.5, 0.6) is 0 Å². The molecule has 0 aliphatic heterocycles. The maximum Gasteiger partial charge on any atom is 0.178 e. The van der Waals surface area contributed by atoms with Gasteiger partial charge in [0.25, 0.3) is 0 Å². The van der Waals surface area contributed by atoms with Gasteiger partial charge in [-0.2, -0.15) is 0 Å². The van der Waals surface area contributed by atoms with E-state index in [1.165, 1.54) is 0 Å². The SMILES string of the molecule is CCCNCC(=O)c1cncc(C)c1. The van der Waals surface area contributed by atoms with Gasteiger partial charge in [0.1, 0.15) is 0 Å². The van der Waals surface area contributed by atoms with Crippen molar-refractivity contribution >= 4 is 5.78 Å². The number of nitrogens with zero attached hydrogens (tertiary/aromatic N) is 1. The number of hydrogen-bond acceptors (Lipinski definition) is 3. The Hall–Kier alpha value is -1.22. The van der Waals surface area contributed by atoms with Crippen molar-refractivity contribution in [3.63, 3.8) is 0 Å². The van der Waals surface area contributed by atoms with Crippen LogP contribution in [0.25, 0.3) is 0 Å². The van der Waals surface area contributed by atoms with Crippen molar-refractivity contribution < 1.29 is 4.79 Å². The number of Topliss-reactive ketones (excluding diaryl/α,β-unsaturated/α-hetero) is 1. The molecule has 0 aliphatic carbocycles. The molecule has 3 nitrogen and oxygen atoms in total. The fourth-order valence-electron chi connectivity index (χ4n) is 1.19. The molecule has 1 aromatic rings. The number of nitrogens with one attached hydrogen (secondary N) is 1. The van der Waals surface area contributed by atoms with E-state index in [2.05, 4.69) is 17.2 Å². The Kier molecular flexibility index (Phi) is 4.26. The molecule has 3 heteroatoms. The van der Waals surface area contributed by atoms with Crippen molar-refractivity contribution in [1.29, 1.82) is 0 Å². The van der Waals surface area contributed by atoms with Crippen LogP contribution >= 0.6 is 0 Å². The molecule has 0 atom stereocenters. The largest absolute Gasteiger partial charge is 0.310 e. The smallest absolute Gasteiger partial charge is 0.178 e. The molecular weight excluding hydrogens is 176 g/mol. The lowest BCUT2D eigenvalue weighted by Crippen LogP contribution is -2.23. The van der Waals surface area contributed by atoms with Gasteiger partial charge < -0.3 is 5.32 Å². The first-order valence-electron chi connectivity index (χ1n) is 4.89. The monoisotopic (exact) mass is 192 g/mol. The molecule has 0 saturated carbocycles. The summed E-state index contributed by atoms with van der Waals surface area (Å²) in [7, 11) is 0. The number of aryl methyl sites for hydroxylation is 1. The van der Waals surface area contributed by atoms with Gasteiger partial charge in [0.05, 0.1) is 6.54 Å². The molecule has 1 N–H and O–H groups in total. The molecule has 0 bridgehead atoms. The van der Waals surface area contributed by atoms with Crippen molar-refractivity contribution in [1.82, 2.24) is 10.3 Å². The van der Waals surface area contributed by atoms with Gasteiger partial charge in [0.15, 0.2) is 5.78 Å². The van der Waals surface area contributed by atoms with Crippen LogP contribution in [0.15, 0.2) is 18.5 Å². The van der Waals surface area contributed by atoms with Gasteiger partial charge in [-0.05, 0) is 31.5 Å². The van der Waals surface area contributed by atoms with Crippen molar-refractivity contribution in [2.75, 3.05) is 13.1 Å². The predicted molar refractivity (Wildman–Crippen MR) is 56.5 cm³/mol. The average Bonchev–Trinajstić information content (AvgIpc) is 2.18. The molecule has 0 aromatic carbocycles. The Balaban J connectivity index is 2.52. The number of pyridine rings is 1. The second-order valence-corrected chi connectivity index (χ2v) is 3.35. The van der Waals surface area contributed by atoms with E-state index < -0.39 is 0 Å². The van der Waals surface area contributed by atoms with E-state index in [1.807, 2.05) is 13.0 Å². The van der Waals surface area contributed by atoms with Crippen molar-refractivity contribution in [2.24, 2.45) is 0 Å². The quantitative estimate of drug-likeness (QED) is 0.569. The lowest BCUT2D eigenvalue weighted by atomic mass is 10.1. The molecule has 0 saturated heterocycles. The number of carbonyl (C=O) groups is 1. The predicted octanol–water partition coefficient (Wildman–Crippen LogP) is 1.57. The molecule has 0 radical (unpaired) electrons. The Morgan fingerprint density at radius 1 is 1.50 bits per heavy atom.